The van der Waals surface area contributed by atoms with Gasteiger partial charge in [-0.3, -0.25) is 14.4 Å². The molecule has 15 heteroatoms. The van der Waals surface area contributed by atoms with Crippen LogP contribution in [0.25, 0.3) is 0 Å². The van der Waals surface area contributed by atoms with Gasteiger partial charge in [0.05, 0.1) is 33.0 Å². The second-order valence-corrected chi connectivity index (χ2v) is 8.27. The maximum Gasteiger partial charge on any atom is 0.333 e. The highest BCUT2D eigenvalue weighted by molar-refractivity contribution is 6.01. The molecule has 228 valence electrons. The summed E-state index contributed by atoms with van der Waals surface area (Å²) in [6, 6.07) is 0. The normalized spacial score (nSPS) is 15.4. The molecule has 0 aromatic carbocycles. The minimum absolute atomic E-state index is 0.00974. The van der Waals surface area contributed by atoms with E-state index in [0.29, 0.717) is 5.06 Å². The van der Waals surface area contributed by atoms with Gasteiger partial charge in [-0.05, 0) is 6.42 Å². The molecule has 0 radical (unpaired) electrons. The summed E-state index contributed by atoms with van der Waals surface area (Å²) in [7, 11) is 3.03. The summed E-state index contributed by atoms with van der Waals surface area (Å²) in [4.78, 5) is 70.9. The van der Waals surface area contributed by atoms with Crippen LogP contribution in [0.2, 0.25) is 0 Å². The number of ketones is 1. The highest BCUT2D eigenvalue weighted by atomic mass is 17.2. The summed E-state index contributed by atoms with van der Waals surface area (Å²) >= 11 is 0. The Hall–Kier alpha value is -2.92. The average Bonchev–Trinajstić information content (AvgIpc) is 3.25. The fourth-order valence-corrected chi connectivity index (χ4v) is 3.03. The zero-order valence-corrected chi connectivity index (χ0v) is 22.9. The van der Waals surface area contributed by atoms with Crippen molar-refractivity contribution in [1.29, 1.82) is 0 Å². The van der Waals surface area contributed by atoms with Crippen molar-refractivity contribution in [2.45, 2.75) is 50.4 Å². The number of methoxy groups -OCH3 is 2. The summed E-state index contributed by atoms with van der Waals surface area (Å²) < 4.78 is 27.2. The molecule has 1 rings (SSSR count). The molecule has 0 N–H and O–H groups in total. The van der Waals surface area contributed by atoms with Crippen molar-refractivity contribution in [1.82, 2.24) is 5.06 Å². The van der Waals surface area contributed by atoms with Crippen LogP contribution in [0.1, 0.15) is 32.1 Å². The monoisotopic (exact) mass is 577 g/mol. The van der Waals surface area contributed by atoms with Gasteiger partial charge in [-0.25, -0.2) is 4.79 Å². The predicted octanol–water partition coefficient (Wildman–Crippen LogP) is 0.965. The molecule has 0 bridgehead atoms. The van der Waals surface area contributed by atoms with Gasteiger partial charge >= 0.3 is 5.97 Å². The van der Waals surface area contributed by atoms with Gasteiger partial charge in [-0.15, -0.1) is 5.06 Å². The molecule has 0 saturated carbocycles. The molecule has 0 aromatic rings. The van der Waals surface area contributed by atoms with E-state index in [1.165, 1.54) is 14.2 Å². The molecule has 1 fully saturated rings. The Kier molecular flexibility index (Phi) is 19.2. The molecule has 0 spiro atoms. The zero-order chi connectivity index (χ0) is 29.6. The highest BCUT2D eigenvalue weighted by Crippen LogP contribution is 2.13. The highest BCUT2D eigenvalue weighted by Gasteiger charge is 2.32. The number of hydroxylamine groups is 2. The molecule has 1 saturated heterocycles. The summed E-state index contributed by atoms with van der Waals surface area (Å²) in [6.45, 7) is 7.33. The fraction of sp³-hybridized carbons (Fsp3) is 0.680. The van der Waals surface area contributed by atoms with Gasteiger partial charge in [-0.1, -0.05) is 13.2 Å². The van der Waals surface area contributed by atoms with Crippen LogP contribution in [0.15, 0.2) is 25.7 Å². The molecule has 1 heterocycles. The smallest absolute Gasteiger partial charge is 0.333 e. The van der Waals surface area contributed by atoms with E-state index in [2.05, 4.69) is 18.0 Å². The Morgan fingerprint density at radius 3 is 1.93 bits per heavy atom. The van der Waals surface area contributed by atoms with Crippen LogP contribution in [0.3, 0.4) is 0 Å². The molecule has 3 unspecified atom stereocenters. The first-order chi connectivity index (χ1) is 19.3. The van der Waals surface area contributed by atoms with Crippen molar-refractivity contribution in [2.75, 3.05) is 60.5 Å². The van der Waals surface area contributed by atoms with E-state index in [-0.39, 0.29) is 96.3 Å². The van der Waals surface area contributed by atoms with E-state index in [0.717, 1.165) is 12.5 Å². The summed E-state index contributed by atoms with van der Waals surface area (Å²) in [6.07, 6.45) is 0.898. The van der Waals surface area contributed by atoms with Crippen molar-refractivity contribution in [3.63, 3.8) is 0 Å². The minimum atomic E-state index is -0.769. The van der Waals surface area contributed by atoms with Gasteiger partial charge < -0.3 is 38.3 Å². The number of nitrogens with zero attached hydrogens (tertiary/aromatic N) is 1. The van der Waals surface area contributed by atoms with Crippen molar-refractivity contribution in [2.24, 2.45) is 0 Å². The summed E-state index contributed by atoms with van der Waals surface area (Å²) in [5.74, 6) is -2.16. The largest absolute Gasteiger partial charge is 0.377 e. The van der Waals surface area contributed by atoms with E-state index in [1.807, 2.05) is 0 Å². The lowest BCUT2D eigenvalue weighted by Gasteiger charge is -2.20. The van der Waals surface area contributed by atoms with Crippen molar-refractivity contribution < 1.29 is 67.3 Å². The fourth-order valence-electron chi connectivity index (χ4n) is 3.03. The Morgan fingerprint density at radius 2 is 1.35 bits per heavy atom. The molecule has 0 aliphatic carbocycles. The number of imide groups is 1. The average molecular weight is 578 g/mol. The maximum absolute atomic E-state index is 12.1. The Morgan fingerprint density at radius 1 is 0.800 bits per heavy atom. The van der Waals surface area contributed by atoms with E-state index < -0.39 is 23.9 Å². The van der Waals surface area contributed by atoms with Crippen LogP contribution in [0.5, 0.6) is 0 Å². The molecule has 1 aliphatic heterocycles. The van der Waals surface area contributed by atoms with Crippen molar-refractivity contribution in [3.05, 3.63) is 25.7 Å². The zero-order valence-electron chi connectivity index (χ0n) is 22.9. The topological polar surface area (TPSA) is 164 Å². The number of amides is 2. The number of rotatable bonds is 26. The third-order valence-electron chi connectivity index (χ3n) is 5.13. The third-order valence-corrected chi connectivity index (χ3v) is 5.13. The number of Topliss-reactive ketones (excluding diaryl/α,β-unsaturated/α-hetero) is 1. The Bertz CT molecular complexity index is 775. The maximum atomic E-state index is 12.1. The van der Waals surface area contributed by atoms with Gasteiger partial charge in [0.15, 0.2) is 11.9 Å². The van der Waals surface area contributed by atoms with Gasteiger partial charge in [0.2, 0.25) is 0 Å². The van der Waals surface area contributed by atoms with Crippen molar-refractivity contribution >= 4 is 23.6 Å². The first kappa shape index (κ1) is 35.1. The number of hydrogen-bond donors (Lipinski definition) is 0. The van der Waals surface area contributed by atoms with Gasteiger partial charge in [-0.2, -0.15) is 9.78 Å². The standard InChI is InChI=1S/C25H39NO14/c1-5-36-38-18-21(32-4)15-34-13-20(31-3)14-35-17-22(40-37-6-2)16-33-12-19(27)8-7-9-25(30)39-26-23(28)10-11-24(26)29/h5-6,20-22H,1-2,7-18H2,3-4H3. The molecular weight excluding hydrogens is 538 g/mol. The SMILES string of the molecule is C=COOCC(COCC(COCC(COCC(=O)CCCC(=O)ON1C(=O)CCC1=O)OOC=C)OC)OC. The van der Waals surface area contributed by atoms with Crippen LogP contribution < -0.4 is 0 Å². The summed E-state index contributed by atoms with van der Waals surface area (Å²) in [5.41, 5.74) is 0. The lowest BCUT2D eigenvalue weighted by Crippen LogP contribution is -2.32. The quantitative estimate of drug-likeness (QED) is 0.0469. The number of carbonyl (C=O) groups is 4. The first-order valence-electron chi connectivity index (χ1n) is 12.5. The third kappa shape index (κ3) is 15.6. The summed E-state index contributed by atoms with van der Waals surface area (Å²) in [5, 5.41) is 0.470. The molecule has 1 aliphatic rings. The molecule has 3 atom stereocenters. The molecule has 40 heavy (non-hydrogen) atoms. The van der Waals surface area contributed by atoms with Crippen LogP contribution in [0.4, 0.5) is 0 Å². The first-order valence-corrected chi connectivity index (χ1v) is 12.5. The number of ether oxygens (including phenoxy) is 5. The van der Waals surface area contributed by atoms with Gasteiger partial charge in [0.1, 0.15) is 37.9 Å². The van der Waals surface area contributed by atoms with Crippen LogP contribution in [-0.4, -0.2) is 107 Å². The van der Waals surface area contributed by atoms with Crippen LogP contribution in [-0.2, 0) is 67.3 Å². The molecule has 0 aromatic heterocycles. The second-order valence-electron chi connectivity index (χ2n) is 8.27. The van der Waals surface area contributed by atoms with E-state index in [9.17, 15) is 19.2 Å². The van der Waals surface area contributed by atoms with Gasteiger partial charge in [0, 0.05) is 39.9 Å². The van der Waals surface area contributed by atoms with Crippen LogP contribution >= 0.6 is 0 Å². The number of carbonyl (C=O) groups excluding carboxylic acids is 4. The van der Waals surface area contributed by atoms with E-state index in [1.54, 1.807) is 0 Å². The lowest BCUT2D eigenvalue weighted by molar-refractivity contribution is -0.299. The minimum Gasteiger partial charge on any atom is -0.377 e. The molecule has 15 nitrogen and oxygen atoms in total. The number of hydrogen-bond acceptors (Lipinski definition) is 14. The second kappa shape index (κ2) is 21.8. The Balaban J connectivity index is 2.26. The van der Waals surface area contributed by atoms with E-state index >= 15 is 0 Å². The van der Waals surface area contributed by atoms with Crippen LogP contribution in [0, 0.1) is 0 Å². The molecule has 2 amide bonds. The lowest BCUT2D eigenvalue weighted by atomic mass is 10.2. The predicted molar refractivity (Wildman–Crippen MR) is 133 cm³/mol. The molecular formula is C25H39NO14. The van der Waals surface area contributed by atoms with Gasteiger partial charge in [0.25, 0.3) is 11.8 Å². The van der Waals surface area contributed by atoms with E-state index in [4.69, 9.17) is 43.2 Å². The Labute approximate surface area is 232 Å². The van der Waals surface area contributed by atoms with Crippen molar-refractivity contribution in [3.8, 4) is 0 Å².